The summed E-state index contributed by atoms with van der Waals surface area (Å²) in [6.07, 6.45) is 0.959. The number of anilines is 2. The zero-order valence-corrected chi connectivity index (χ0v) is 18.8. The van der Waals surface area contributed by atoms with Crippen LogP contribution in [0.25, 0.3) is 5.69 Å². The van der Waals surface area contributed by atoms with Gasteiger partial charge in [-0.25, -0.2) is 4.68 Å². The van der Waals surface area contributed by atoms with E-state index in [0.717, 1.165) is 5.69 Å². The van der Waals surface area contributed by atoms with Gasteiger partial charge in [0.15, 0.2) is 5.69 Å². The molecule has 10 heteroatoms. The van der Waals surface area contributed by atoms with Crippen LogP contribution in [-0.4, -0.2) is 54.8 Å². The van der Waals surface area contributed by atoms with Crippen molar-refractivity contribution in [2.24, 2.45) is 5.73 Å². The van der Waals surface area contributed by atoms with Gasteiger partial charge in [-0.15, -0.1) is 0 Å². The molecule has 0 bridgehead atoms. The SMILES string of the molecule is COc1ccc(-n2nc(C(N)=O)c3c2C(=O)N(c2ccc(N4CCC4=O)cc2)CC3)c(OC)c1. The number of rotatable bonds is 6. The van der Waals surface area contributed by atoms with Gasteiger partial charge >= 0.3 is 0 Å². The summed E-state index contributed by atoms with van der Waals surface area (Å²) in [6, 6.07) is 12.4. The number of amides is 3. The van der Waals surface area contributed by atoms with E-state index in [4.69, 9.17) is 15.2 Å². The third-order valence-corrected chi connectivity index (χ3v) is 6.19. The van der Waals surface area contributed by atoms with E-state index in [2.05, 4.69) is 5.10 Å². The zero-order chi connectivity index (χ0) is 24.0. The van der Waals surface area contributed by atoms with Gasteiger partial charge in [-0.3, -0.25) is 14.4 Å². The summed E-state index contributed by atoms with van der Waals surface area (Å²) in [6.45, 7) is 1.06. The van der Waals surface area contributed by atoms with Crippen LogP contribution in [0.5, 0.6) is 11.5 Å². The molecule has 3 aromatic rings. The Bertz CT molecular complexity index is 1310. The number of fused-ring (bicyclic) bond motifs is 1. The second kappa shape index (κ2) is 8.22. The van der Waals surface area contributed by atoms with E-state index in [-0.39, 0.29) is 23.2 Å². The molecule has 1 saturated heterocycles. The molecule has 2 N–H and O–H groups in total. The number of nitrogens with zero attached hydrogens (tertiary/aromatic N) is 4. The summed E-state index contributed by atoms with van der Waals surface area (Å²) in [5, 5.41) is 4.40. The van der Waals surface area contributed by atoms with Crippen molar-refractivity contribution in [3.63, 3.8) is 0 Å². The van der Waals surface area contributed by atoms with Crippen LogP contribution < -0.4 is 25.0 Å². The highest BCUT2D eigenvalue weighted by molar-refractivity contribution is 6.09. The maximum Gasteiger partial charge on any atom is 0.277 e. The Morgan fingerprint density at radius 1 is 0.941 bits per heavy atom. The fourth-order valence-electron chi connectivity index (χ4n) is 4.34. The molecule has 3 amide bonds. The Labute approximate surface area is 195 Å². The predicted octanol–water partition coefficient (Wildman–Crippen LogP) is 1.93. The van der Waals surface area contributed by atoms with Crippen LogP contribution in [0.15, 0.2) is 42.5 Å². The van der Waals surface area contributed by atoms with Gasteiger partial charge in [0, 0.05) is 42.5 Å². The Kier molecular flexibility index (Phi) is 5.20. The Balaban J connectivity index is 1.56. The third kappa shape index (κ3) is 3.35. The number of ether oxygens (including phenoxy) is 2. The smallest absolute Gasteiger partial charge is 0.277 e. The molecule has 2 aliphatic heterocycles. The molecular weight excluding hydrogens is 438 g/mol. The Morgan fingerprint density at radius 3 is 2.18 bits per heavy atom. The van der Waals surface area contributed by atoms with Crippen LogP contribution in [0.3, 0.4) is 0 Å². The zero-order valence-electron chi connectivity index (χ0n) is 18.8. The van der Waals surface area contributed by atoms with Crippen LogP contribution in [0.1, 0.15) is 33.0 Å². The van der Waals surface area contributed by atoms with Gasteiger partial charge < -0.3 is 25.0 Å². The van der Waals surface area contributed by atoms with Crippen molar-refractivity contribution >= 4 is 29.1 Å². The summed E-state index contributed by atoms with van der Waals surface area (Å²) in [7, 11) is 3.04. The number of benzene rings is 2. The maximum absolute atomic E-state index is 13.7. The topological polar surface area (TPSA) is 120 Å². The Morgan fingerprint density at radius 2 is 1.62 bits per heavy atom. The first-order chi connectivity index (χ1) is 16.4. The van der Waals surface area contributed by atoms with Crippen LogP contribution in [0, 0.1) is 0 Å². The molecule has 0 spiro atoms. The summed E-state index contributed by atoms with van der Waals surface area (Å²) < 4.78 is 12.2. The molecule has 0 saturated carbocycles. The van der Waals surface area contributed by atoms with Crippen molar-refractivity contribution in [1.82, 2.24) is 9.78 Å². The molecule has 1 fully saturated rings. The van der Waals surface area contributed by atoms with E-state index in [1.165, 1.54) is 11.8 Å². The van der Waals surface area contributed by atoms with Crippen molar-refractivity contribution < 1.29 is 23.9 Å². The lowest BCUT2D eigenvalue weighted by Gasteiger charge is -2.32. The van der Waals surface area contributed by atoms with E-state index in [1.54, 1.807) is 35.1 Å². The van der Waals surface area contributed by atoms with Crippen LogP contribution in [0.2, 0.25) is 0 Å². The molecular formula is C24H23N5O5. The second-order valence-electron chi connectivity index (χ2n) is 8.01. The van der Waals surface area contributed by atoms with Gasteiger partial charge in [0.05, 0.1) is 14.2 Å². The number of primary amides is 1. The average Bonchev–Trinajstić information content (AvgIpc) is 3.24. The molecule has 10 nitrogen and oxygen atoms in total. The molecule has 0 atom stereocenters. The van der Waals surface area contributed by atoms with E-state index in [0.29, 0.717) is 54.4 Å². The first-order valence-electron chi connectivity index (χ1n) is 10.8. The van der Waals surface area contributed by atoms with E-state index in [9.17, 15) is 14.4 Å². The normalized spacial score (nSPS) is 15.1. The van der Waals surface area contributed by atoms with Gasteiger partial charge in [0.1, 0.15) is 22.9 Å². The first kappa shape index (κ1) is 21.5. The number of β-lactam (4-membered cyclic amide) rings is 1. The van der Waals surface area contributed by atoms with Crippen LogP contribution in [-0.2, 0) is 11.2 Å². The lowest BCUT2D eigenvalue weighted by molar-refractivity contribution is -0.122. The molecule has 3 heterocycles. The number of hydrogen-bond donors (Lipinski definition) is 1. The fraction of sp³-hybridized carbons (Fsp3) is 0.250. The Hall–Kier alpha value is -4.34. The first-order valence-corrected chi connectivity index (χ1v) is 10.8. The summed E-state index contributed by atoms with van der Waals surface area (Å²) in [5.74, 6) is 0.0709. The third-order valence-electron chi connectivity index (χ3n) is 6.19. The van der Waals surface area contributed by atoms with E-state index >= 15 is 0 Å². The molecule has 34 heavy (non-hydrogen) atoms. The van der Waals surface area contributed by atoms with Crippen molar-refractivity contribution in [3.8, 4) is 17.2 Å². The fourth-order valence-corrected chi connectivity index (χ4v) is 4.34. The maximum atomic E-state index is 13.7. The van der Waals surface area contributed by atoms with Gasteiger partial charge in [-0.1, -0.05) is 0 Å². The summed E-state index contributed by atoms with van der Waals surface area (Å²) in [5.41, 5.74) is 8.38. The minimum absolute atomic E-state index is 0.0625. The molecule has 5 rings (SSSR count). The largest absolute Gasteiger partial charge is 0.497 e. The van der Waals surface area contributed by atoms with E-state index in [1.807, 2.05) is 24.3 Å². The molecule has 2 aromatic carbocycles. The second-order valence-corrected chi connectivity index (χ2v) is 8.01. The molecule has 0 radical (unpaired) electrons. The highest BCUT2D eigenvalue weighted by atomic mass is 16.5. The summed E-state index contributed by atoms with van der Waals surface area (Å²) in [4.78, 5) is 40.9. The highest BCUT2D eigenvalue weighted by Gasteiger charge is 2.35. The minimum Gasteiger partial charge on any atom is -0.497 e. The molecule has 174 valence electrons. The number of aromatic nitrogens is 2. The number of methoxy groups -OCH3 is 2. The predicted molar refractivity (Wildman–Crippen MR) is 124 cm³/mol. The number of carbonyl (C=O) groups is 3. The van der Waals surface area contributed by atoms with Crippen molar-refractivity contribution in [2.45, 2.75) is 12.8 Å². The molecule has 2 aliphatic rings. The lowest BCUT2D eigenvalue weighted by Crippen LogP contribution is -2.43. The molecule has 0 unspecified atom stereocenters. The van der Waals surface area contributed by atoms with Gasteiger partial charge in [-0.2, -0.15) is 5.10 Å². The molecule has 1 aromatic heterocycles. The summed E-state index contributed by atoms with van der Waals surface area (Å²) >= 11 is 0. The number of hydrogen-bond acceptors (Lipinski definition) is 6. The van der Waals surface area contributed by atoms with E-state index < -0.39 is 5.91 Å². The van der Waals surface area contributed by atoms with Gasteiger partial charge in [0.25, 0.3) is 11.8 Å². The lowest BCUT2D eigenvalue weighted by atomic mass is 10.0. The minimum atomic E-state index is -0.702. The van der Waals surface area contributed by atoms with Crippen LogP contribution in [0.4, 0.5) is 11.4 Å². The average molecular weight is 461 g/mol. The van der Waals surface area contributed by atoms with Gasteiger partial charge in [0.2, 0.25) is 5.91 Å². The quantitative estimate of drug-likeness (QED) is 0.560. The molecule has 0 aliphatic carbocycles. The van der Waals surface area contributed by atoms with Crippen LogP contribution >= 0.6 is 0 Å². The number of nitrogens with two attached hydrogens (primary N) is 1. The van der Waals surface area contributed by atoms with Crippen molar-refractivity contribution in [3.05, 3.63) is 59.4 Å². The highest BCUT2D eigenvalue weighted by Crippen LogP contribution is 2.34. The monoisotopic (exact) mass is 461 g/mol. The van der Waals surface area contributed by atoms with Crippen molar-refractivity contribution in [2.75, 3.05) is 37.1 Å². The standard InChI is InChI=1S/C24H23N5O5/c1-33-16-7-8-18(19(13-16)34-2)29-22-17(21(26-29)23(25)31)9-11-28(24(22)32)15-5-3-14(4-6-15)27-12-10-20(27)30/h3-8,13H,9-12H2,1-2H3,(H2,25,31). The number of carbonyl (C=O) groups excluding carboxylic acids is 3. The van der Waals surface area contributed by atoms with Crippen molar-refractivity contribution in [1.29, 1.82) is 0 Å². The van der Waals surface area contributed by atoms with Gasteiger partial charge in [-0.05, 0) is 42.8 Å².